The quantitative estimate of drug-likeness (QED) is 0.114. The Morgan fingerprint density at radius 3 is 1.16 bits per heavy atom. The van der Waals surface area contributed by atoms with Gasteiger partial charge in [-0.25, -0.2) is 0 Å². The minimum absolute atomic E-state index is 0.199. The molecule has 0 radical (unpaired) electrons. The molecule has 1 aliphatic heterocycles. The van der Waals surface area contributed by atoms with Crippen LogP contribution < -0.4 is 15.3 Å². The SMILES string of the molecule is COC(C)(C)C(C)(C)OC.Cc1ccc(N(c2ccc3c(c2)-c2cc(N(c4ccc(B5OC(C)(C)C(C)(C)O5)cc4)c4ccccc4-c4ccccc4)ccc2C3(C)C)c2ccccc2-c2ccccc2)cc1. The van der Waals surface area contributed by atoms with Gasteiger partial charge in [-0.1, -0.05) is 153 Å². The lowest BCUT2D eigenvalue weighted by molar-refractivity contribution is -0.147. The summed E-state index contributed by atoms with van der Waals surface area (Å²) in [4.78, 5) is 4.82. The van der Waals surface area contributed by atoms with E-state index in [2.05, 4.69) is 252 Å². The van der Waals surface area contributed by atoms with Crippen molar-refractivity contribution in [2.24, 2.45) is 0 Å². The fourth-order valence-corrected chi connectivity index (χ4v) is 9.88. The highest BCUT2D eigenvalue weighted by molar-refractivity contribution is 6.62. The van der Waals surface area contributed by atoms with Gasteiger partial charge < -0.3 is 28.6 Å². The Bertz CT molecular complexity index is 3170. The third-order valence-electron chi connectivity index (χ3n) is 16.1. The fraction of sp³-hybridized carbons (Fsp3) is 0.273. The number of para-hydroxylation sites is 2. The molecular weight excluding hydrogens is 896 g/mol. The van der Waals surface area contributed by atoms with Crippen LogP contribution in [0.15, 0.2) is 194 Å². The van der Waals surface area contributed by atoms with Crippen molar-refractivity contribution in [1.82, 2.24) is 0 Å². The van der Waals surface area contributed by atoms with Gasteiger partial charge in [0.05, 0.1) is 33.8 Å². The minimum atomic E-state index is -0.443. The maximum absolute atomic E-state index is 6.48. The first-order chi connectivity index (χ1) is 34.8. The molecule has 8 aromatic rings. The third kappa shape index (κ3) is 9.80. The fourth-order valence-electron chi connectivity index (χ4n) is 9.88. The molecule has 1 fully saturated rings. The van der Waals surface area contributed by atoms with Crippen LogP contribution in [-0.4, -0.2) is 43.7 Å². The monoisotopic (exact) mass is 967 g/mol. The first-order valence-electron chi connectivity index (χ1n) is 25.6. The van der Waals surface area contributed by atoms with E-state index in [4.69, 9.17) is 18.8 Å². The van der Waals surface area contributed by atoms with E-state index in [1.54, 1.807) is 14.2 Å². The molecule has 10 rings (SSSR count). The van der Waals surface area contributed by atoms with Crippen LogP contribution in [0.2, 0.25) is 0 Å². The Hall–Kier alpha value is -6.74. The van der Waals surface area contributed by atoms with E-state index in [9.17, 15) is 0 Å². The van der Waals surface area contributed by atoms with Crippen LogP contribution in [0.25, 0.3) is 33.4 Å². The molecule has 7 heteroatoms. The number of aryl methyl sites for hydroxylation is 1. The van der Waals surface area contributed by atoms with Gasteiger partial charge in [0.25, 0.3) is 0 Å². The molecule has 372 valence electrons. The highest BCUT2D eigenvalue weighted by Crippen LogP contribution is 2.53. The average Bonchev–Trinajstić information content (AvgIpc) is 3.76. The second kappa shape index (κ2) is 19.9. The Labute approximate surface area is 435 Å². The van der Waals surface area contributed by atoms with Crippen molar-refractivity contribution in [2.75, 3.05) is 24.0 Å². The van der Waals surface area contributed by atoms with E-state index in [0.29, 0.717) is 0 Å². The van der Waals surface area contributed by atoms with E-state index in [-0.39, 0.29) is 16.6 Å². The summed E-state index contributed by atoms with van der Waals surface area (Å²) in [5.41, 5.74) is 17.1. The molecule has 8 aromatic carbocycles. The zero-order chi connectivity index (χ0) is 51.9. The predicted octanol–water partition coefficient (Wildman–Crippen LogP) is 16.7. The van der Waals surface area contributed by atoms with Gasteiger partial charge in [0.1, 0.15) is 0 Å². The lowest BCUT2D eigenvalue weighted by Crippen LogP contribution is -2.48. The number of hydrogen-bond donors (Lipinski definition) is 0. The van der Waals surface area contributed by atoms with Gasteiger partial charge in [-0.2, -0.15) is 0 Å². The molecule has 1 saturated heterocycles. The van der Waals surface area contributed by atoms with Crippen LogP contribution in [0, 0.1) is 6.92 Å². The van der Waals surface area contributed by atoms with E-state index in [1.165, 1.54) is 38.9 Å². The minimum Gasteiger partial charge on any atom is -0.399 e. The molecule has 2 aliphatic rings. The summed E-state index contributed by atoms with van der Waals surface area (Å²) >= 11 is 0. The van der Waals surface area contributed by atoms with Gasteiger partial charge in [-0.05, 0) is 162 Å². The van der Waals surface area contributed by atoms with Gasteiger partial charge in [-0.15, -0.1) is 0 Å². The van der Waals surface area contributed by atoms with Crippen LogP contribution in [0.3, 0.4) is 0 Å². The second-order valence-corrected chi connectivity index (χ2v) is 22.0. The summed E-state index contributed by atoms with van der Waals surface area (Å²) in [7, 11) is 2.95. The molecule has 0 bridgehead atoms. The number of fused-ring (bicyclic) bond motifs is 3. The number of rotatable bonds is 12. The van der Waals surface area contributed by atoms with Gasteiger partial charge in [0.2, 0.25) is 0 Å². The highest BCUT2D eigenvalue weighted by Gasteiger charge is 2.51. The van der Waals surface area contributed by atoms with Crippen molar-refractivity contribution >= 4 is 46.7 Å². The Balaban J connectivity index is 0.000000595. The van der Waals surface area contributed by atoms with E-state index < -0.39 is 18.3 Å². The van der Waals surface area contributed by atoms with E-state index in [0.717, 1.165) is 50.7 Å². The highest BCUT2D eigenvalue weighted by atomic mass is 16.7. The second-order valence-electron chi connectivity index (χ2n) is 22.0. The number of methoxy groups -OCH3 is 2. The van der Waals surface area contributed by atoms with Gasteiger partial charge in [0.15, 0.2) is 0 Å². The number of anilines is 6. The molecular formula is C66H71BN2O4. The first kappa shape index (κ1) is 51.2. The van der Waals surface area contributed by atoms with Crippen molar-refractivity contribution in [3.8, 4) is 33.4 Å². The van der Waals surface area contributed by atoms with Crippen molar-refractivity contribution in [3.05, 3.63) is 211 Å². The molecule has 0 amide bonds. The molecule has 1 heterocycles. The number of nitrogens with zero attached hydrogens (tertiary/aromatic N) is 2. The largest absolute Gasteiger partial charge is 0.494 e. The van der Waals surface area contributed by atoms with Crippen LogP contribution >= 0.6 is 0 Å². The smallest absolute Gasteiger partial charge is 0.399 e. The van der Waals surface area contributed by atoms with Crippen LogP contribution in [0.4, 0.5) is 34.1 Å². The van der Waals surface area contributed by atoms with Gasteiger partial charge >= 0.3 is 7.12 Å². The van der Waals surface area contributed by atoms with E-state index in [1.807, 2.05) is 27.7 Å². The van der Waals surface area contributed by atoms with Gasteiger partial charge in [-0.3, -0.25) is 0 Å². The average molecular weight is 967 g/mol. The maximum atomic E-state index is 6.48. The van der Waals surface area contributed by atoms with Crippen LogP contribution in [0.1, 0.15) is 85.9 Å². The Morgan fingerprint density at radius 1 is 0.411 bits per heavy atom. The molecule has 1 aliphatic carbocycles. The Morgan fingerprint density at radius 2 is 0.767 bits per heavy atom. The molecule has 6 nitrogen and oxygen atoms in total. The lowest BCUT2D eigenvalue weighted by atomic mass is 9.79. The first-order valence-corrected chi connectivity index (χ1v) is 25.6. The summed E-state index contributed by atoms with van der Waals surface area (Å²) in [6, 6.07) is 70.6. The number of hydrogen-bond acceptors (Lipinski definition) is 6. The summed E-state index contributed by atoms with van der Waals surface area (Å²) in [6.07, 6.45) is 0. The van der Waals surface area contributed by atoms with Crippen LogP contribution in [-0.2, 0) is 24.2 Å². The summed E-state index contributed by atoms with van der Waals surface area (Å²) in [6.45, 7) is 23.3. The summed E-state index contributed by atoms with van der Waals surface area (Å²) < 4.78 is 23.5. The van der Waals surface area contributed by atoms with E-state index >= 15 is 0 Å². The molecule has 0 atom stereocenters. The topological polar surface area (TPSA) is 43.4 Å². The maximum Gasteiger partial charge on any atom is 0.494 e. The summed E-state index contributed by atoms with van der Waals surface area (Å²) in [5.74, 6) is 0. The molecule has 0 spiro atoms. The lowest BCUT2D eigenvalue weighted by Gasteiger charge is -2.38. The molecule has 0 N–H and O–H groups in total. The zero-order valence-electron chi connectivity index (χ0n) is 45.1. The number of benzene rings is 8. The van der Waals surface area contributed by atoms with Gasteiger partial charge in [0, 0.05) is 53.5 Å². The summed E-state index contributed by atoms with van der Waals surface area (Å²) in [5, 5.41) is 0. The predicted molar refractivity (Wildman–Crippen MR) is 307 cm³/mol. The normalized spacial score (nSPS) is 15.2. The molecule has 73 heavy (non-hydrogen) atoms. The van der Waals surface area contributed by atoms with Crippen molar-refractivity contribution in [3.63, 3.8) is 0 Å². The number of ether oxygens (including phenoxy) is 2. The molecule has 0 unspecified atom stereocenters. The van der Waals surface area contributed by atoms with Crippen molar-refractivity contribution < 1.29 is 18.8 Å². The standard InChI is InChI=1S/C58H53BN2O2.C8H18O2/c1-40-26-30-44(31-27-40)60(54-24-16-14-22-48(54)41-18-10-8-11-19-41)46-34-36-52-50(38-46)51-39-47(35-37-53(51)56(52,2)3)61(55-25-17-15-23-49(55)42-20-12-9-13-21-42)45-32-28-43(29-33-45)59-62-57(4,5)58(6,7)63-59;1-7(2,9-5)8(3,4)10-6/h8-39H,1-7H3;1-6H3. The molecule has 0 saturated carbocycles. The molecule has 0 aromatic heterocycles. The van der Waals surface area contributed by atoms with Crippen molar-refractivity contribution in [2.45, 2.75) is 104 Å². The van der Waals surface area contributed by atoms with Crippen molar-refractivity contribution in [1.29, 1.82) is 0 Å². The third-order valence-corrected chi connectivity index (χ3v) is 16.1. The van der Waals surface area contributed by atoms with Crippen LogP contribution in [0.5, 0.6) is 0 Å². The Kier molecular flexibility index (Phi) is 14.0. The zero-order valence-corrected chi connectivity index (χ0v) is 45.1.